The van der Waals surface area contributed by atoms with Crippen LogP contribution in [0, 0.1) is 0 Å². The van der Waals surface area contributed by atoms with Crippen LogP contribution < -0.4 is 0 Å². The molecule has 0 unspecified atom stereocenters. The van der Waals surface area contributed by atoms with Crippen LogP contribution in [0.25, 0.3) is 0 Å². The van der Waals surface area contributed by atoms with E-state index < -0.39 is 0 Å². The summed E-state index contributed by atoms with van der Waals surface area (Å²) in [7, 11) is 0. The first kappa shape index (κ1) is 13.2. The maximum atomic E-state index is 11.5. The molecule has 0 aliphatic carbocycles. The number of rotatable bonds is 0. The fourth-order valence-electron chi connectivity index (χ4n) is 1.40. The Bertz CT molecular complexity index is 183. The maximum Gasteiger partial charge on any atom is 0.410 e. The van der Waals surface area contributed by atoms with Gasteiger partial charge in [0.05, 0.1) is 0 Å². The summed E-state index contributed by atoms with van der Waals surface area (Å²) in [6, 6.07) is 0. The Kier molecular flexibility index (Phi) is 4.88. The summed E-state index contributed by atoms with van der Waals surface area (Å²) in [5, 5.41) is 0. The Hall–Kier alpha value is -0.800. The largest absolute Gasteiger partial charge is 0.444 e. The molecule has 1 aliphatic rings. The number of piperidine rings is 1. The van der Waals surface area contributed by atoms with Gasteiger partial charge in [0.15, 0.2) is 0 Å². The number of amides is 1. The molecule has 0 radical (unpaired) electrons. The van der Waals surface area contributed by atoms with Crippen molar-refractivity contribution in [3.05, 3.63) is 0 Å². The van der Waals surface area contributed by atoms with Crippen LogP contribution in [0.4, 0.5) is 9.50 Å². The van der Waals surface area contributed by atoms with Crippen LogP contribution in [0.5, 0.6) is 0 Å². The van der Waals surface area contributed by atoms with Crippen molar-refractivity contribution in [1.29, 1.82) is 0 Å². The number of likely N-dealkylation sites (tertiary alicyclic amines) is 1. The minimum absolute atomic E-state index is 0. The molecule has 1 rings (SSSR count). The highest BCUT2D eigenvalue weighted by atomic mass is 19.0. The van der Waals surface area contributed by atoms with Crippen molar-refractivity contribution in [2.24, 2.45) is 0 Å². The third kappa shape index (κ3) is 4.44. The van der Waals surface area contributed by atoms with E-state index in [4.69, 9.17) is 4.74 Å². The second kappa shape index (κ2) is 5.17. The third-order valence-electron chi connectivity index (χ3n) is 2.01. The Labute approximate surface area is 84.8 Å². The summed E-state index contributed by atoms with van der Waals surface area (Å²) in [4.78, 5) is 13.3. The number of halogens is 1. The van der Waals surface area contributed by atoms with E-state index in [-0.39, 0.29) is 16.4 Å². The van der Waals surface area contributed by atoms with Crippen molar-refractivity contribution in [3.63, 3.8) is 0 Å². The van der Waals surface area contributed by atoms with Crippen LogP contribution >= 0.6 is 0 Å². The molecule has 1 heterocycles. The van der Waals surface area contributed by atoms with Crippen LogP contribution in [0.2, 0.25) is 0 Å². The lowest BCUT2D eigenvalue weighted by Gasteiger charge is -2.29. The van der Waals surface area contributed by atoms with Gasteiger partial charge in [-0.2, -0.15) is 0 Å². The molecule has 0 atom stereocenters. The molecule has 14 heavy (non-hydrogen) atoms. The molecule has 1 fully saturated rings. The van der Waals surface area contributed by atoms with Crippen LogP contribution in [0.3, 0.4) is 0 Å². The number of ether oxygens (including phenoxy) is 1. The number of hydrogen-bond donors (Lipinski definition) is 0. The molecule has 1 saturated heterocycles. The third-order valence-corrected chi connectivity index (χ3v) is 2.01. The van der Waals surface area contributed by atoms with Gasteiger partial charge in [-0.05, 0) is 40.0 Å². The highest BCUT2D eigenvalue weighted by Crippen LogP contribution is 2.14. The smallest absolute Gasteiger partial charge is 0.410 e. The van der Waals surface area contributed by atoms with Gasteiger partial charge in [-0.25, -0.2) is 4.79 Å². The molecule has 0 aromatic carbocycles. The SMILES string of the molecule is CC(C)(C)OC(=O)N1CCCCC1.F. The van der Waals surface area contributed by atoms with Crippen molar-refractivity contribution < 1.29 is 14.2 Å². The lowest BCUT2D eigenvalue weighted by atomic mass is 10.1. The fourth-order valence-corrected chi connectivity index (χ4v) is 1.40. The summed E-state index contributed by atoms with van der Waals surface area (Å²) in [6.07, 6.45) is 3.30. The Morgan fingerprint density at radius 1 is 1.14 bits per heavy atom. The van der Waals surface area contributed by atoms with Gasteiger partial charge in [-0.3, -0.25) is 4.70 Å². The van der Waals surface area contributed by atoms with Crippen LogP contribution in [-0.2, 0) is 4.74 Å². The van der Waals surface area contributed by atoms with Crippen LogP contribution in [0.1, 0.15) is 40.0 Å². The molecule has 0 saturated carbocycles. The first-order chi connectivity index (χ1) is 5.99. The highest BCUT2D eigenvalue weighted by molar-refractivity contribution is 5.68. The topological polar surface area (TPSA) is 29.5 Å². The number of carbonyl (C=O) groups excluding carboxylic acids is 1. The summed E-state index contributed by atoms with van der Waals surface area (Å²) in [6.45, 7) is 7.41. The van der Waals surface area contributed by atoms with Crippen LogP contribution in [-0.4, -0.2) is 29.7 Å². The molecule has 0 aromatic heterocycles. The van der Waals surface area contributed by atoms with Crippen molar-refractivity contribution >= 4 is 6.09 Å². The zero-order valence-corrected chi connectivity index (χ0v) is 9.21. The average Bonchev–Trinajstić information content (AvgIpc) is 2.03. The van der Waals surface area contributed by atoms with Gasteiger partial charge in [0, 0.05) is 13.1 Å². The van der Waals surface area contributed by atoms with E-state index in [0.717, 1.165) is 25.9 Å². The second-order valence-corrected chi connectivity index (χ2v) is 4.53. The molecule has 1 amide bonds. The first-order valence-electron chi connectivity index (χ1n) is 4.97. The van der Waals surface area contributed by atoms with Gasteiger partial charge in [0.2, 0.25) is 0 Å². The van der Waals surface area contributed by atoms with E-state index >= 15 is 0 Å². The summed E-state index contributed by atoms with van der Waals surface area (Å²) in [5.41, 5.74) is -0.367. The van der Waals surface area contributed by atoms with E-state index in [1.807, 2.05) is 20.8 Å². The average molecular weight is 205 g/mol. The lowest BCUT2D eigenvalue weighted by Crippen LogP contribution is -2.39. The second-order valence-electron chi connectivity index (χ2n) is 4.53. The molecule has 3 nitrogen and oxygen atoms in total. The van der Waals surface area contributed by atoms with Gasteiger partial charge < -0.3 is 9.64 Å². The lowest BCUT2D eigenvalue weighted by molar-refractivity contribution is 0.0216. The molecule has 1 aliphatic heterocycles. The molecule has 0 N–H and O–H groups in total. The Morgan fingerprint density at radius 2 is 1.64 bits per heavy atom. The molecular formula is C10H20FNO2. The molecule has 0 spiro atoms. The van der Waals surface area contributed by atoms with Crippen molar-refractivity contribution in [2.45, 2.75) is 45.6 Å². The number of carbonyl (C=O) groups is 1. The zero-order chi connectivity index (χ0) is 9.90. The van der Waals surface area contributed by atoms with Gasteiger partial charge >= 0.3 is 6.09 Å². The van der Waals surface area contributed by atoms with E-state index in [0.29, 0.717) is 0 Å². The quantitative estimate of drug-likeness (QED) is 0.608. The monoisotopic (exact) mass is 205 g/mol. The van der Waals surface area contributed by atoms with Crippen molar-refractivity contribution in [2.75, 3.05) is 13.1 Å². The zero-order valence-electron chi connectivity index (χ0n) is 9.21. The standard InChI is InChI=1S/C10H19NO2.FH/c1-10(2,3)13-9(12)11-7-5-4-6-8-11;/h4-8H2,1-3H3;1H. The molecule has 84 valence electrons. The summed E-state index contributed by atoms with van der Waals surface area (Å²) < 4.78 is 5.26. The van der Waals surface area contributed by atoms with E-state index in [1.54, 1.807) is 4.90 Å². The molecule has 0 bridgehead atoms. The Morgan fingerprint density at radius 3 is 2.07 bits per heavy atom. The van der Waals surface area contributed by atoms with E-state index in [9.17, 15) is 4.79 Å². The molecule has 4 heteroatoms. The van der Waals surface area contributed by atoms with Gasteiger partial charge in [-0.15, -0.1) is 0 Å². The number of nitrogens with zero attached hydrogens (tertiary/aromatic N) is 1. The predicted molar refractivity (Wildman–Crippen MR) is 54.2 cm³/mol. The molecular weight excluding hydrogens is 185 g/mol. The van der Waals surface area contributed by atoms with Gasteiger partial charge in [-0.1, -0.05) is 0 Å². The summed E-state index contributed by atoms with van der Waals surface area (Å²) in [5.74, 6) is 0. The first-order valence-corrected chi connectivity index (χ1v) is 4.97. The molecule has 0 aromatic rings. The summed E-state index contributed by atoms with van der Waals surface area (Å²) >= 11 is 0. The fraction of sp³-hybridized carbons (Fsp3) is 0.900. The highest BCUT2D eigenvalue weighted by Gasteiger charge is 2.22. The van der Waals surface area contributed by atoms with Gasteiger partial charge in [0.1, 0.15) is 5.60 Å². The van der Waals surface area contributed by atoms with Gasteiger partial charge in [0.25, 0.3) is 0 Å². The maximum absolute atomic E-state index is 11.5. The van der Waals surface area contributed by atoms with E-state index in [2.05, 4.69) is 0 Å². The number of hydrogen-bond acceptors (Lipinski definition) is 2. The Balaban J connectivity index is 0.00000169. The van der Waals surface area contributed by atoms with Crippen LogP contribution in [0.15, 0.2) is 0 Å². The van der Waals surface area contributed by atoms with Crippen molar-refractivity contribution in [1.82, 2.24) is 4.90 Å². The normalized spacial score (nSPS) is 17.2. The van der Waals surface area contributed by atoms with Crippen molar-refractivity contribution in [3.8, 4) is 0 Å². The predicted octanol–water partition coefficient (Wildman–Crippen LogP) is 2.56. The van der Waals surface area contributed by atoms with E-state index in [1.165, 1.54) is 6.42 Å². The minimum atomic E-state index is -0.367. The minimum Gasteiger partial charge on any atom is -0.444 e.